The fourth-order valence-electron chi connectivity index (χ4n) is 3.98. The summed E-state index contributed by atoms with van der Waals surface area (Å²) in [5.41, 5.74) is 5.55. The minimum absolute atomic E-state index is 0.359. The zero-order valence-electron chi connectivity index (χ0n) is 12.7. The SMILES string of the molecule is CCc1cccc2c1N[C@H](c1ccc(Cl)cc1)[C@H]1CC=C[C@@H]21. The van der Waals surface area contributed by atoms with Gasteiger partial charge in [-0.15, -0.1) is 0 Å². The first kappa shape index (κ1) is 13.9. The molecule has 0 radical (unpaired) electrons. The number of nitrogens with one attached hydrogen (secondary N) is 1. The van der Waals surface area contributed by atoms with E-state index in [4.69, 9.17) is 11.6 Å². The van der Waals surface area contributed by atoms with Gasteiger partial charge in [0.1, 0.15) is 0 Å². The number of benzene rings is 2. The predicted octanol–water partition coefficient (Wildman–Crippen LogP) is 5.73. The molecule has 0 unspecified atom stereocenters. The molecular weight excluding hydrogens is 290 g/mol. The highest BCUT2D eigenvalue weighted by Crippen LogP contribution is 2.50. The molecule has 0 saturated carbocycles. The van der Waals surface area contributed by atoms with Gasteiger partial charge in [-0.3, -0.25) is 0 Å². The van der Waals surface area contributed by atoms with Crippen LogP contribution >= 0.6 is 11.6 Å². The van der Waals surface area contributed by atoms with Crippen molar-refractivity contribution in [2.75, 3.05) is 5.32 Å². The van der Waals surface area contributed by atoms with Gasteiger partial charge < -0.3 is 5.32 Å². The van der Waals surface area contributed by atoms with Gasteiger partial charge in [0, 0.05) is 16.6 Å². The van der Waals surface area contributed by atoms with Crippen molar-refractivity contribution < 1.29 is 0 Å². The largest absolute Gasteiger partial charge is 0.377 e. The van der Waals surface area contributed by atoms with E-state index >= 15 is 0 Å². The van der Waals surface area contributed by atoms with E-state index in [-0.39, 0.29) is 0 Å². The van der Waals surface area contributed by atoms with E-state index in [1.807, 2.05) is 12.1 Å². The van der Waals surface area contributed by atoms with E-state index in [1.165, 1.54) is 22.4 Å². The fourth-order valence-corrected chi connectivity index (χ4v) is 4.11. The summed E-state index contributed by atoms with van der Waals surface area (Å²) in [6.45, 7) is 2.23. The number of para-hydroxylation sites is 1. The Morgan fingerprint density at radius 1 is 1.14 bits per heavy atom. The number of halogens is 1. The topological polar surface area (TPSA) is 12.0 Å². The van der Waals surface area contributed by atoms with Crippen LogP contribution in [0.5, 0.6) is 0 Å². The van der Waals surface area contributed by atoms with Crippen molar-refractivity contribution >= 4 is 17.3 Å². The molecule has 0 bridgehead atoms. The van der Waals surface area contributed by atoms with Gasteiger partial charge in [-0.1, -0.05) is 61.0 Å². The first-order valence-electron chi connectivity index (χ1n) is 8.08. The summed E-state index contributed by atoms with van der Waals surface area (Å²) in [6.07, 6.45) is 6.94. The average molecular weight is 310 g/mol. The van der Waals surface area contributed by atoms with Crippen LogP contribution in [0.3, 0.4) is 0 Å². The average Bonchev–Trinajstić information content (AvgIpc) is 3.04. The number of fused-ring (bicyclic) bond motifs is 3. The number of hydrogen-bond donors (Lipinski definition) is 1. The molecule has 1 nitrogen and oxygen atoms in total. The van der Waals surface area contributed by atoms with Crippen LogP contribution in [0.2, 0.25) is 5.02 Å². The Hall–Kier alpha value is -1.73. The maximum absolute atomic E-state index is 6.06. The standard InChI is InChI=1S/C20H20ClN/c1-2-13-5-3-7-17-16-6-4-8-18(16)20(22-19(13)17)14-9-11-15(21)12-10-14/h3-7,9-12,16,18,20,22H,2,8H2,1H3/t16-,18-,20+/m0/s1. The van der Waals surface area contributed by atoms with Crippen LogP contribution in [0.25, 0.3) is 0 Å². The molecule has 0 saturated heterocycles. The minimum atomic E-state index is 0.359. The lowest BCUT2D eigenvalue weighted by molar-refractivity contribution is 0.425. The van der Waals surface area contributed by atoms with Crippen LogP contribution in [0.15, 0.2) is 54.6 Å². The third-order valence-electron chi connectivity index (χ3n) is 5.09. The van der Waals surface area contributed by atoms with Crippen LogP contribution in [0.1, 0.15) is 42.0 Å². The normalized spacial score (nSPS) is 25.5. The summed E-state index contributed by atoms with van der Waals surface area (Å²) in [4.78, 5) is 0. The van der Waals surface area contributed by atoms with Gasteiger partial charge in [-0.05, 0) is 47.6 Å². The summed E-state index contributed by atoms with van der Waals surface area (Å²) in [5.74, 6) is 1.13. The molecule has 4 rings (SSSR count). The monoisotopic (exact) mass is 309 g/mol. The molecule has 0 fully saturated rings. The molecule has 2 aliphatic rings. The first-order valence-corrected chi connectivity index (χ1v) is 8.46. The van der Waals surface area contributed by atoms with Gasteiger partial charge in [0.2, 0.25) is 0 Å². The molecule has 2 heteroatoms. The van der Waals surface area contributed by atoms with Crippen molar-refractivity contribution in [3.8, 4) is 0 Å². The van der Waals surface area contributed by atoms with E-state index in [1.54, 1.807) is 0 Å². The number of aryl methyl sites for hydroxylation is 1. The maximum atomic E-state index is 6.06. The van der Waals surface area contributed by atoms with Crippen LogP contribution < -0.4 is 5.32 Å². The second-order valence-corrected chi connectivity index (χ2v) is 6.70. The molecule has 0 spiro atoms. The molecule has 3 atom stereocenters. The van der Waals surface area contributed by atoms with Gasteiger partial charge in [0.15, 0.2) is 0 Å². The van der Waals surface area contributed by atoms with Gasteiger partial charge >= 0.3 is 0 Å². The van der Waals surface area contributed by atoms with Gasteiger partial charge in [-0.25, -0.2) is 0 Å². The van der Waals surface area contributed by atoms with Crippen LogP contribution in [-0.2, 0) is 6.42 Å². The summed E-state index contributed by atoms with van der Waals surface area (Å²) >= 11 is 6.06. The number of hydrogen-bond acceptors (Lipinski definition) is 1. The van der Waals surface area contributed by atoms with Crippen molar-refractivity contribution in [1.29, 1.82) is 0 Å². The highest BCUT2D eigenvalue weighted by Gasteiger charge is 2.38. The lowest BCUT2D eigenvalue weighted by Gasteiger charge is -2.38. The summed E-state index contributed by atoms with van der Waals surface area (Å²) in [5, 5.41) is 4.64. The quantitative estimate of drug-likeness (QED) is 0.699. The Labute approximate surface area is 137 Å². The fraction of sp³-hybridized carbons (Fsp3) is 0.300. The molecule has 0 aromatic heterocycles. The van der Waals surface area contributed by atoms with Crippen LogP contribution in [-0.4, -0.2) is 0 Å². The predicted molar refractivity (Wildman–Crippen MR) is 93.6 cm³/mol. The molecule has 1 heterocycles. The van der Waals surface area contributed by atoms with Gasteiger partial charge in [0.25, 0.3) is 0 Å². The molecule has 22 heavy (non-hydrogen) atoms. The Morgan fingerprint density at radius 3 is 2.73 bits per heavy atom. The minimum Gasteiger partial charge on any atom is -0.377 e. The maximum Gasteiger partial charge on any atom is 0.0554 e. The van der Waals surface area contributed by atoms with Crippen molar-refractivity contribution in [3.05, 3.63) is 76.3 Å². The third-order valence-corrected chi connectivity index (χ3v) is 5.35. The van der Waals surface area contributed by atoms with Crippen molar-refractivity contribution in [2.24, 2.45) is 5.92 Å². The highest BCUT2D eigenvalue weighted by molar-refractivity contribution is 6.30. The Balaban J connectivity index is 1.81. The zero-order valence-corrected chi connectivity index (χ0v) is 13.5. The number of anilines is 1. The number of rotatable bonds is 2. The highest BCUT2D eigenvalue weighted by atomic mass is 35.5. The molecule has 0 amide bonds. The third kappa shape index (κ3) is 2.16. The number of allylic oxidation sites excluding steroid dienone is 2. The smallest absolute Gasteiger partial charge is 0.0554 e. The second-order valence-electron chi connectivity index (χ2n) is 6.26. The molecular formula is C20H20ClN. The Bertz CT molecular complexity index is 717. The second kappa shape index (κ2) is 5.48. The van der Waals surface area contributed by atoms with Gasteiger partial charge in [-0.2, -0.15) is 0 Å². The summed E-state index contributed by atoms with van der Waals surface area (Å²) in [7, 11) is 0. The molecule has 1 aliphatic heterocycles. The van der Waals surface area contributed by atoms with Crippen molar-refractivity contribution in [1.82, 2.24) is 0 Å². The van der Waals surface area contributed by atoms with Crippen molar-refractivity contribution in [2.45, 2.75) is 31.7 Å². The van der Waals surface area contributed by atoms with E-state index in [9.17, 15) is 0 Å². The zero-order chi connectivity index (χ0) is 15.1. The van der Waals surface area contributed by atoms with E-state index in [0.717, 1.165) is 17.9 Å². The molecule has 1 N–H and O–H groups in total. The van der Waals surface area contributed by atoms with E-state index in [0.29, 0.717) is 17.9 Å². The van der Waals surface area contributed by atoms with Crippen LogP contribution in [0.4, 0.5) is 5.69 Å². The lowest BCUT2D eigenvalue weighted by atomic mass is 9.76. The Kier molecular flexibility index (Phi) is 3.46. The van der Waals surface area contributed by atoms with Crippen LogP contribution in [0, 0.1) is 5.92 Å². The molecule has 112 valence electrons. The molecule has 2 aromatic rings. The first-order chi connectivity index (χ1) is 10.8. The van der Waals surface area contributed by atoms with Crippen molar-refractivity contribution in [3.63, 3.8) is 0 Å². The Morgan fingerprint density at radius 2 is 1.95 bits per heavy atom. The molecule has 1 aliphatic carbocycles. The molecule has 2 aromatic carbocycles. The van der Waals surface area contributed by atoms with Gasteiger partial charge in [0.05, 0.1) is 6.04 Å². The van der Waals surface area contributed by atoms with E-state index < -0.39 is 0 Å². The summed E-state index contributed by atoms with van der Waals surface area (Å²) in [6, 6.07) is 15.4. The summed E-state index contributed by atoms with van der Waals surface area (Å²) < 4.78 is 0. The lowest BCUT2D eigenvalue weighted by Crippen LogP contribution is -2.29. The van der Waals surface area contributed by atoms with E-state index in [2.05, 4.69) is 54.7 Å².